The molecule has 0 radical (unpaired) electrons. The second-order valence-corrected chi connectivity index (χ2v) is 7.12. The Morgan fingerprint density at radius 1 is 1.00 bits per heavy atom. The number of aryl methyl sites for hydroxylation is 1. The second-order valence-electron chi connectivity index (χ2n) is 7.12. The first-order chi connectivity index (χ1) is 15.6. The van der Waals surface area contributed by atoms with Crippen molar-refractivity contribution < 1.29 is 23.6 Å². The van der Waals surface area contributed by atoms with Gasteiger partial charge in [0.2, 0.25) is 0 Å². The van der Waals surface area contributed by atoms with Gasteiger partial charge in [0.15, 0.2) is 6.61 Å². The lowest BCUT2D eigenvalue weighted by Crippen LogP contribution is -2.06. The normalized spacial score (nSPS) is 11.0. The smallest absolute Gasteiger partial charge is 0.342 e. The molecular weight excluding hydrogens is 410 g/mol. The van der Waals surface area contributed by atoms with Crippen LogP contribution in [0.2, 0.25) is 0 Å². The van der Waals surface area contributed by atoms with Gasteiger partial charge < -0.3 is 18.8 Å². The van der Waals surface area contributed by atoms with Gasteiger partial charge in [0.05, 0.1) is 0 Å². The number of carbonyl (C=O) groups is 1. The van der Waals surface area contributed by atoms with Gasteiger partial charge in [-0.2, -0.15) is 0 Å². The van der Waals surface area contributed by atoms with Crippen LogP contribution in [0.15, 0.2) is 75.7 Å². The standard InChI is InChI=1S/C24H17N3O5/c1-14-21(22(27-32-14)15-7-3-2-4-8-15)23-26-25-20(31-23)13-30-24(29)18-11-16-9-5-6-10-17(16)12-19(18)28/h2-12,28H,13H2,1H3. The molecule has 2 aromatic heterocycles. The van der Waals surface area contributed by atoms with Gasteiger partial charge in [0.25, 0.3) is 11.8 Å². The highest BCUT2D eigenvalue weighted by Crippen LogP contribution is 2.33. The molecule has 1 N–H and O–H groups in total. The van der Waals surface area contributed by atoms with Gasteiger partial charge in [-0.05, 0) is 29.8 Å². The molecule has 0 saturated carbocycles. The first-order valence-electron chi connectivity index (χ1n) is 9.83. The van der Waals surface area contributed by atoms with E-state index >= 15 is 0 Å². The van der Waals surface area contributed by atoms with Gasteiger partial charge in [-0.3, -0.25) is 0 Å². The lowest BCUT2D eigenvalue weighted by Gasteiger charge is -2.06. The molecule has 0 bridgehead atoms. The fourth-order valence-electron chi connectivity index (χ4n) is 3.43. The summed E-state index contributed by atoms with van der Waals surface area (Å²) in [6.07, 6.45) is 0. The van der Waals surface area contributed by atoms with E-state index in [0.717, 1.165) is 16.3 Å². The van der Waals surface area contributed by atoms with Gasteiger partial charge in [0.1, 0.15) is 28.3 Å². The van der Waals surface area contributed by atoms with Crippen molar-refractivity contribution in [3.8, 4) is 28.5 Å². The summed E-state index contributed by atoms with van der Waals surface area (Å²) in [6.45, 7) is 1.50. The van der Waals surface area contributed by atoms with E-state index in [0.29, 0.717) is 17.0 Å². The molecule has 0 unspecified atom stereocenters. The van der Waals surface area contributed by atoms with E-state index < -0.39 is 5.97 Å². The van der Waals surface area contributed by atoms with Crippen LogP contribution in [0.5, 0.6) is 5.75 Å². The van der Waals surface area contributed by atoms with Crippen LogP contribution in [0.1, 0.15) is 22.0 Å². The highest BCUT2D eigenvalue weighted by molar-refractivity contribution is 5.98. The number of esters is 1. The number of fused-ring (bicyclic) bond motifs is 1. The predicted octanol–water partition coefficient (Wildman–Crippen LogP) is 4.92. The van der Waals surface area contributed by atoms with Crippen LogP contribution < -0.4 is 0 Å². The molecule has 5 aromatic rings. The monoisotopic (exact) mass is 427 g/mol. The maximum Gasteiger partial charge on any atom is 0.342 e. The number of ether oxygens (including phenoxy) is 1. The van der Waals surface area contributed by atoms with Crippen LogP contribution in [0.4, 0.5) is 0 Å². The Hall–Kier alpha value is -4.46. The number of carbonyl (C=O) groups excluding carboxylic acids is 1. The summed E-state index contributed by atoms with van der Waals surface area (Å²) in [5.74, 6) is -0.0146. The van der Waals surface area contributed by atoms with Crippen molar-refractivity contribution in [2.75, 3.05) is 0 Å². The minimum Gasteiger partial charge on any atom is -0.507 e. The summed E-state index contributed by atoms with van der Waals surface area (Å²) in [4.78, 5) is 12.5. The van der Waals surface area contributed by atoms with Gasteiger partial charge in [0, 0.05) is 5.56 Å². The molecule has 0 fully saturated rings. The zero-order valence-electron chi connectivity index (χ0n) is 17.0. The maximum atomic E-state index is 12.5. The van der Waals surface area contributed by atoms with Crippen LogP contribution in [0.25, 0.3) is 33.5 Å². The number of phenols is 1. The SMILES string of the molecule is Cc1onc(-c2ccccc2)c1-c1nnc(COC(=O)c2cc3ccccc3cc2O)o1. The Labute approximate surface area is 182 Å². The Morgan fingerprint density at radius 3 is 2.50 bits per heavy atom. The molecule has 0 atom stereocenters. The van der Waals surface area contributed by atoms with E-state index in [1.54, 1.807) is 13.0 Å². The van der Waals surface area contributed by atoms with Crippen LogP contribution in [-0.4, -0.2) is 26.4 Å². The first kappa shape index (κ1) is 19.5. The van der Waals surface area contributed by atoms with E-state index in [2.05, 4.69) is 15.4 Å². The van der Waals surface area contributed by atoms with E-state index in [4.69, 9.17) is 13.7 Å². The molecule has 8 heteroatoms. The van der Waals surface area contributed by atoms with Gasteiger partial charge in [-0.15, -0.1) is 10.2 Å². The number of rotatable bonds is 5. The third-order valence-electron chi connectivity index (χ3n) is 5.00. The molecule has 0 aliphatic carbocycles. The average molecular weight is 427 g/mol. The van der Waals surface area contributed by atoms with Crippen LogP contribution in [0, 0.1) is 6.92 Å². The van der Waals surface area contributed by atoms with Crippen molar-refractivity contribution in [3.05, 3.63) is 83.9 Å². The molecular formula is C24H17N3O5. The Morgan fingerprint density at radius 2 is 1.72 bits per heavy atom. The van der Waals surface area contributed by atoms with Crippen LogP contribution >= 0.6 is 0 Å². The highest BCUT2D eigenvalue weighted by Gasteiger charge is 2.22. The number of aromatic nitrogens is 3. The fraction of sp³-hybridized carbons (Fsp3) is 0.0833. The summed E-state index contributed by atoms with van der Waals surface area (Å²) in [7, 11) is 0. The molecule has 8 nitrogen and oxygen atoms in total. The average Bonchev–Trinajstić information content (AvgIpc) is 3.43. The summed E-state index contributed by atoms with van der Waals surface area (Å²) >= 11 is 0. The van der Waals surface area contributed by atoms with Crippen molar-refractivity contribution in [1.82, 2.24) is 15.4 Å². The first-order valence-corrected chi connectivity index (χ1v) is 9.83. The Balaban J connectivity index is 1.36. The molecule has 32 heavy (non-hydrogen) atoms. The quantitative estimate of drug-likeness (QED) is 0.394. The van der Waals surface area contributed by atoms with Crippen LogP contribution in [0.3, 0.4) is 0 Å². The zero-order chi connectivity index (χ0) is 22.1. The summed E-state index contributed by atoms with van der Waals surface area (Å²) in [5.41, 5.74) is 2.06. The molecule has 0 aliphatic heterocycles. The number of aromatic hydroxyl groups is 1. The number of phenolic OH excluding ortho intramolecular Hbond substituents is 1. The van der Waals surface area contributed by atoms with Gasteiger partial charge >= 0.3 is 5.97 Å². The topological polar surface area (TPSA) is 111 Å². The maximum absolute atomic E-state index is 12.5. The molecule has 158 valence electrons. The largest absolute Gasteiger partial charge is 0.507 e. The predicted molar refractivity (Wildman–Crippen MR) is 115 cm³/mol. The zero-order valence-corrected chi connectivity index (χ0v) is 17.0. The molecule has 0 saturated heterocycles. The molecule has 2 heterocycles. The summed E-state index contributed by atoms with van der Waals surface area (Å²) in [5, 5.41) is 24.0. The van der Waals surface area contributed by atoms with Crippen molar-refractivity contribution >= 4 is 16.7 Å². The Bertz CT molecular complexity index is 1420. The third-order valence-corrected chi connectivity index (χ3v) is 5.00. The van der Waals surface area contributed by atoms with Crippen molar-refractivity contribution in [3.63, 3.8) is 0 Å². The van der Waals surface area contributed by atoms with Gasteiger partial charge in [-0.1, -0.05) is 59.8 Å². The van der Waals surface area contributed by atoms with Crippen molar-refractivity contribution in [2.45, 2.75) is 13.5 Å². The van der Waals surface area contributed by atoms with E-state index in [1.165, 1.54) is 6.07 Å². The molecule has 0 aliphatic rings. The number of hydrogen-bond donors (Lipinski definition) is 1. The minimum atomic E-state index is -0.695. The Kier molecular flexibility index (Phi) is 4.87. The lowest BCUT2D eigenvalue weighted by atomic mass is 10.1. The van der Waals surface area contributed by atoms with E-state index in [-0.39, 0.29) is 29.7 Å². The van der Waals surface area contributed by atoms with Crippen LogP contribution in [-0.2, 0) is 11.3 Å². The van der Waals surface area contributed by atoms with Gasteiger partial charge in [-0.25, -0.2) is 4.79 Å². The fourth-order valence-corrected chi connectivity index (χ4v) is 3.43. The molecule has 3 aromatic carbocycles. The van der Waals surface area contributed by atoms with Crippen molar-refractivity contribution in [1.29, 1.82) is 0 Å². The van der Waals surface area contributed by atoms with E-state index in [9.17, 15) is 9.90 Å². The highest BCUT2D eigenvalue weighted by atomic mass is 16.5. The van der Waals surface area contributed by atoms with E-state index in [1.807, 2.05) is 54.6 Å². The molecule has 0 amide bonds. The minimum absolute atomic E-state index is 0.0599. The summed E-state index contributed by atoms with van der Waals surface area (Å²) < 4.78 is 16.3. The third kappa shape index (κ3) is 3.58. The number of hydrogen-bond acceptors (Lipinski definition) is 8. The summed E-state index contributed by atoms with van der Waals surface area (Å²) in [6, 6.07) is 20.0. The molecule has 0 spiro atoms. The molecule has 5 rings (SSSR count). The number of nitrogens with zero attached hydrogens (tertiary/aromatic N) is 3. The lowest BCUT2D eigenvalue weighted by molar-refractivity contribution is 0.0435. The second kappa shape index (κ2) is 7.99. The van der Waals surface area contributed by atoms with Crippen molar-refractivity contribution in [2.24, 2.45) is 0 Å². The number of benzene rings is 3.